The van der Waals surface area contributed by atoms with Crippen LogP contribution in [-0.4, -0.2) is 50.7 Å². The second kappa shape index (κ2) is 6.30. The van der Waals surface area contributed by atoms with Crippen LogP contribution >= 0.6 is 0 Å². The van der Waals surface area contributed by atoms with Crippen molar-refractivity contribution in [2.24, 2.45) is 0 Å². The van der Waals surface area contributed by atoms with E-state index in [1.807, 2.05) is 13.0 Å². The molecule has 104 valence electrons. The number of fused-ring (bicyclic) bond motifs is 1. The quantitative estimate of drug-likeness (QED) is 0.622. The van der Waals surface area contributed by atoms with Crippen LogP contribution in [0.15, 0.2) is 12.1 Å². The third-order valence-corrected chi connectivity index (χ3v) is 3.66. The Morgan fingerprint density at radius 2 is 2.00 bits per heavy atom. The van der Waals surface area contributed by atoms with Gasteiger partial charge in [-0.1, -0.05) is 0 Å². The number of methoxy groups -OCH3 is 1. The molecule has 0 saturated heterocycles. The Labute approximate surface area is 116 Å². The summed E-state index contributed by atoms with van der Waals surface area (Å²) in [5.74, 6) is 0.339. The first kappa shape index (κ1) is 14.2. The van der Waals surface area contributed by atoms with Gasteiger partial charge in [0, 0.05) is 13.2 Å². The topological polar surface area (TPSA) is 44.7 Å². The fourth-order valence-corrected chi connectivity index (χ4v) is 2.55. The molecule has 1 aliphatic heterocycles. The van der Waals surface area contributed by atoms with Crippen molar-refractivity contribution in [3.8, 4) is 5.75 Å². The normalized spacial score (nSPS) is 17.6. The molecule has 2 N–H and O–H groups in total. The number of benzene rings is 1. The lowest BCUT2D eigenvalue weighted by Crippen LogP contribution is -2.22. The Kier molecular flexibility index (Phi) is 4.72. The lowest BCUT2D eigenvalue weighted by molar-refractivity contribution is 0.190. The van der Waals surface area contributed by atoms with Crippen LogP contribution in [0.1, 0.15) is 18.1 Å². The second-order valence-electron chi connectivity index (χ2n) is 5.44. The van der Waals surface area contributed by atoms with Crippen LogP contribution in [0.25, 0.3) is 0 Å². The molecular formula is C14H23BN2O2. The maximum Gasteiger partial charge on any atom is 0.185 e. The first-order chi connectivity index (χ1) is 9.10. The molecule has 1 aromatic rings. The van der Waals surface area contributed by atoms with E-state index in [1.54, 1.807) is 7.11 Å². The van der Waals surface area contributed by atoms with Crippen LogP contribution in [-0.2, 0) is 17.6 Å². The maximum atomic E-state index is 10.1. The summed E-state index contributed by atoms with van der Waals surface area (Å²) in [4.78, 5) is 2.33. The van der Waals surface area contributed by atoms with Crippen LogP contribution < -0.4 is 5.32 Å². The Morgan fingerprint density at radius 1 is 1.37 bits per heavy atom. The highest BCUT2D eigenvalue weighted by molar-refractivity contribution is 6.04. The third kappa shape index (κ3) is 3.64. The smallest absolute Gasteiger partial charge is 0.185 e. The Morgan fingerprint density at radius 3 is 2.63 bits per heavy atom. The highest BCUT2D eigenvalue weighted by atomic mass is 16.5. The van der Waals surface area contributed by atoms with Gasteiger partial charge in [-0.15, -0.1) is 0 Å². The van der Waals surface area contributed by atoms with E-state index >= 15 is 0 Å². The number of hydrogen-bond donors (Lipinski definition) is 2. The number of phenols is 1. The minimum atomic E-state index is 0.183. The fraction of sp³-hybridized carbons (Fsp3) is 0.571. The van der Waals surface area contributed by atoms with Gasteiger partial charge in [-0.25, -0.2) is 0 Å². The predicted molar refractivity (Wildman–Crippen MR) is 80.6 cm³/mol. The molecule has 0 saturated carbocycles. The predicted octanol–water partition coefficient (Wildman–Crippen LogP) is 0.788. The molecule has 5 heteroatoms. The first-order valence-electron chi connectivity index (χ1n) is 6.89. The number of nitrogens with one attached hydrogen (secondary N) is 1. The van der Waals surface area contributed by atoms with Crippen LogP contribution in [0, 0.1) is 0 Å². The molecule has 19 heavy (non-hydrogen) atoms. The van der Waals surface area contributed by atoms with Crippen molar-refractivity contribution in [2.75, 3.05) is 32.1 Å². The van der Waals surface area contributed by atoms with Crippen molar-refractivity contribution >= 4 is 13.7 Å². The SMILES string of the molecule is BN1CCc2cc(O)c(NC(C)COC)cc2CC1. The monoisotopic (exact) mass is 262 g/mol. The molecule has 0 fully saturated rings. The Hall–Kier alpha value is -1.20. The summed E-state index contributed by atoms with van der Waals surface area (Å²) in [6, 6.07) is 4.19. The van der Waals surface area contributed by atoms with Crippen molar-refractivity contribution in [1.29, 1.82) is 0 Å². The molecule has 1 atom stereocenters. The number of rotatable bonds is 4. The zero-order valence-corrected chi connectivity index (χ0v) is 12.1. The molecule has 0 bridgehead atoms. The van der Waals surface area contributed by atoms with E-state index in [9.17, 15) is 5.11 Å². The van der Waals surface area contributed by atoms with Gasteiger partial charge in [0.2, 0.25) is 0 Å². The number of anilines is 1. The summed E-state index contributed by atoms with van der Waals surface area (Å²) in [5.41, 5.74) is 3.42. The molecular weight excluding hydrogens is 239 g/mol. The summed E-state index contributed by atoms with van der Waals surface area (Å²) in [5, 5.41) is 13.4. The van der Waals surface area contributed by atoms with Crippen molar-refractivity contribution < 1.29 is 9.84 Å². The molecule has 1 unspecified atom stereocenters. The Balaban J connectivity index is 2.18. The van der Waals surface area contributed by atoms with Crippen LogP contribution in [0.2, 0.25) is 0 Å². The standard InChI is InChI=1S/C14H23BN2O2/c1-10(9-19-2)16-13-7-11-3-5-17(15)6-4-12(11)8-14(13)18/h7-8,10,16,18H,3-6,9,15H2,1-2H3. The second-order valence-corrected chi connectivity index (χ2v) is 5.44. The van der Waals surface area contributed by atoms with E-state index in [0.29, 0.717) is 12.4 Å². The Bertz CT molecular complexity index is 440. The van der Waals surface area contributed by atoms with Gasteiger partial charge >= 0.3 is 0 Å². The summed E-state index contributed by atoms with van der Waals surface area (Å²) >= 11 is 0. The van der Waals surface area contributed by atoms with Gasteiger partial charge in [-0.3, -0.25) is 0 Å². The third-order valence-electron chi connectivity index (χ3n) is 3.66. The van der Waals surface area contributed by atoms with Gasteiger partial charge in [0.15, 0.2) is 7.98 Å². The minimum absolute atomic E-state index is 0.183. The van der Waals surface area contributed by atoms with Gasteiger partial charge in [0.25, 0.3) is 0 Å². The van der Waals surface area contributed by atoms with Gasteiger partial charge in [0.1, 0.15) is 5.75 Å². The fourth-order valence-electron chi connectivity index (χ4n) is 2.55. The lowest BCUT2D eigenvalue weighted by atomic mass is 10.0. The van der Waals surface area contributed by atoms with Crippen LogP contribution in [0.5, 0.6) is 5.75 Å². The van der Waals surface area contributed by atoms with Gasteiger partial charge in [-0.05, 0) is 56.1 Å². The molecule has 0 spiro atoms. The van der Waals surface area contributed by atoms with Crippen molar-refractivity contribution in [1.82, 2.24) is 4.81 Å². The van der Waals surface area contributed by atoms with Crippen molar-refractivity contribution in [2.45, 2.75) is 25.8 Å². The van der Waals surface area contributed by atoms with E-state index in [-0.39, 0.29) is 6.04 Å². The summed E-state index contributed by atoms with van der Waals surface area (Å²) in [7, 11) is 3.83. The highest BCUT2D eigenvalue weighted by Gasteiger charge is 2.15. The molecule has 0 aliphatic carbocycles. The molecule has 0 radical (unpaired) electrons. The van der Waals surface area contributed by atoms with Gasteiger partial charge < -0.3 is 20.0 Å². The molecule has 4 nitrogen and oxygen atoms in total. The van der Waals surface area contributed by atoms with E-state index in [2.05, 4.69) is 24.2 Å². The molecule has 1 heterocycles. The molecule has 1 aromatic carbocycles. The van der Waals surface area contributed by atoms with E-state index in [1.165, 1.54) is 11.1 Å². The molecule has 0 aromatic heterocycles. The minimum Gasteiger partial charge on any atom is -0.506 e. The number of phenolic OH excluding ortho intramolecular Hbond substituents is 1. The lowest BCUT2D eigenvalue weighted by Gasteiger charge is -2.17. The van der Waals surface area contributed by atoms with Crippen LogP contribution in [0.4, 0.5) is 5.69 Å². The maximum absolute atomic E-state index is 10.1. The summed E-state index contributed by atoms with van der Waals surface area (Å²) in [6.45, 7) is 4.80. The van der Waals surface area contributed by atoms with Crippen molar-refractivity contribution in [3.05, 3.63) is 23.3 Å². The molecule has 0 amide bonds. The molecule has 2 rings (SSSR count). The summed E-state index contributed by atoms with van der Waals surface area (Å²) in [6.07, 6.45) is 2.05. The summed E-state index contributed by atoms with van der Waals surface area (Å²) < 4.78 is 5.11. The van der Waals surface area contributed by atoms with Gasteiger partial charge in [0.05, 0.1) is 12.3 Å². The van der Waals surface area contributed by atoms with Gasteiger partial charge in [-0.2, -0.15) is 0 Å². The average Bonchev–Trinajstić information content (AvgIpc) is 2.53. The highest BCUT2D eigenvalue weighted by Crippen LogP contribution is 2.30. The number of nitrogens with zero attached hydrogens (tertiary/aromatic N) is 1. The van der Waals surface area contributed by atoms with E-state index in [4.69, 9.17) is 4.74 Å². The van der Waals surface area contributed by atoms with Crippen molar-refractivity contribution in [3.63, 3.8) is 0 Å². The zero-order valence-electron chi connectivity index (χ0n) is 12.1. The van der Waals surface area contributed by atoms with Crippen LogP contribution in [0.3, 0.4) is 0 Å². The molecule has 1 aliphatic rings. The number of ether oxygens (including phenoxy) is 1. The zero-order chi connectivity index (χ0) is 13.8. The average molecular weight is 262 g/mol. The van der Waals surface area contributed by atoms with E-state index < -0.39 is 0 Å². The largest absolute Gasteiger partial charge is 0.506 e. The number of aromatic hydroxyl groups is 1. The van der Waals surface area contributed by atoms with E-state index in [0.717, 1.165) is 31.6 Å². The first-order valence-corrected chi connectivity index (χ1v) is 6.89. The number of hydrogen-bond acceptors (Lipinski definition) is 4.